The molecule has 2 unspecified atom stereocenters. The van der Waals surface area contributed by atoms with Gasteiger partial charge in [-0.3, -0.25) is 9.59 Å². The Morgan fingerprint density at radius 2 is 1.83 bits per heavy atom. The summed E-state index contributed by atoms with van der Waals surface area (Å²) in [5.41, 5.74) is 2.02. The van der Waals surface area contributed by atoms with Crippen molar-refractivity contribution < 1.29 is 14.7 Å². The second kappa shape index (κ2) is 6.93. The van der Waals surface area contributed by atoms with Crippen molar-refractivity contribution >= 4 is 17.5 Å². The molecule has 2 atom stereocenters. The summed E-state index contributed by atoms with van der Waals surface area (Å²) in [4.78, 5) is 28.7. The van der Waals surface area contributed by atoms with Gasteiger partial charge in [0.2, 0.25) is 11.8 Å². The van der Waals surface area contributed by atoms with E-state index in [1.165, 1.54) is 0 Å². The first-order valence-corrected chi connectivity index (χ1v) is 8.79. The number of hydrogen-bond donors (Lipinski definition) is 1. The number of anilines is 1. The Morgan fingerprint density at radius 1 is 1.21 bits per heavy atom. The molecule has 0 aliphatic carbocycles. The first-order chi connectivity index (χ1) is 11.5. The van der Waals surface area contributed by atoms with Crippen molar-refractivity contribution in [1.82, 2.24) is 4.90 Å². The fourth-order valence-corrected chi connectivity index (χ4v) is 3.71. The van der Waals surface area contributed by atoms with Crippen LogP contribution in [0.5, 0.6) is 0 Å². The predicted molar refractivity (Wildman–Crippen MR) is 92.6 cm³/mol. The molecular weight excluding hydrogens is 304 g/mol. The Bertz CT molecular complexity index is 604. The normalized spacial score (nSPS) is 23.6. The summed E-state index contributed by atoms with van der Waals surface area (Å²) in [6.45, 7) is 5.67. The van der Waals surface area contributed by atoms with E-state index >= 15 is 0 Å². The van der Waals surface area contributed by atoms with Crippen molar-refractivity contribution in [3.63, 3.8) is 0 Å². The topological polar surface area (TPSA) is 60.9 Å². The molecule has 0 spiro atoms. The number of rotatable bonds is 3. The minimum absolute atomic E-state index is 0.0241. The van der Waals surface area contributed by atoms with Gasteiger partial charge in [-0.2, -0.15) is 0 Å². The highest BCUT2D eigenvalue weighted by molar-refractivity contribution is 6.00. The number of carbonyl (C=O) groups is 2. The van der Waals surface area contributed by atoms with Crippen LogP contribution in [-0.4, -0.2) is 47.6 Å². The van der Waals surface area contributed by atoms with Gasteiger partial charge >= 0.3 is 0 Å². The first kappa shape index (κ1) is 17.0. The van der Waals surface area contributed by atoms with Crippen LogP contribution in [0.25, 0.3) is 0 Å². The minimum atomic E-state index is -0.313. The van der Waals surface area contributed by atoms with E-state index in [0.717, 1.165) is 24.1 Å². The maximum Gasteiger partial charge on any atom is 0.228 e. The van der Waals surface area contributed by atoms with Crippen molar-refractivity contribution in [3.8, 4) is 0 Å². The molecule has 1 aromatic carbocycles. The molecule has 0 aromatic heterocycles. The lowest BCUT2D eigenvalue weighted by molar-refractivity contribution is -0.137. The molecule has 0 saturated carbocycles. The Balaban J connectivity index is 1.61. The minimum Gasteiger partial charge on any atom is -0.393 e. The molecule has 5 nitrogen and oxygen atoms in total. The number of nitrogens with zero attached hydrogens (tertiary/aromatic N) is 2. The largest absolute Gasteiger partial charge is 0.393 e. The Hall–Kier alpha value is -1.88. The van der Waals surface area contributed by atoms with Gasteiger partial charge in [-0.15, -0.1) is 0 Å². The molecule has 130 valence electrons. The maximum absolute atomic E-state index is 12.7. The number of benzene rings is 1. The summed E-state index contributed by atoms with van der Waals surface area (Å²) < 4.78 is 0. The number of amides is 2. The predicted octanol–water partition coefficient (Wildman–Crippen LogP) is 1.97. The highest BCUT2D eigenvalue weighted by Gasteiger charge is 2.38. The molecule has 24 heavy (non-hydrogen) atoms. The Labute approximate surface area is 143 Å². The fraction of sp³-hybridized carbons (Fsp3) is 0.579. The highest BCUT2D eigenvalue weighted by Crippen LogP contribution is 2.28. The smallest absolute Gasteiger partial charge is 0.228 e. The SMILES string of the molecule is Cc1ccc(N2CC(C(=O)N3CCC(C(C)O)CC3)CC2=O)cc1. The van der Waals surface area contributed by atoms with Crippen LogP contribution in [0.2, 0.25) is 0 Å². The summed E-state index contributed by atoms with van der Waals surface area (Å²) in [6, 6.07) is 7.85. The molecule has 5 heteroatoms. The second-order valence-corrected chi connectivity index (χ2v) is 7.14. The summed E-state index contributed by atoms with van der Waals surface area (Å²) in [5, 5.41) is 9.67. The number of piperidine rings is 1. The van der Waals surface area contributed by atoms with Gasteiger partial charge < -0.3 is 14.9 Å². The Morgan fingerprint density at radius 3 is 2.42 bits per heavy atom. The molecule has 2 aliphatic heterocycles. The quantitative estimate of drug-likeness (QED) is 0.922. The average molecular weight is 330 g/mol. The van der Waals surface area contributed by atoms with Crippen molar-refractivity contribution in [2.75, 3.05) is 24.5 Å². The first-order valence-electron chi connectivity index (χ1n) is 8.79. The van der Waals surface area contributed by atoms with E-state index in [9.17, 15) is 14.7 Å². The fourth-order valence-electron chi connectivity index (χ4n) is 3.71. The standard InChI is InChI=1S/C19H26N2O3/c1-13-3-5-17(6-4-13)21-12-16(11-18(21)23)19(24)20-9-7-15(8-10-20)14(2)22/h3-6,14-16,22H,7-12H2,1-2H3. The molecule has 0 bridgehead atoms. The molecule has 2 amide bonds. The number of aliphatic hydroxyl groups excluding tert-OH is 1. The lowest BCUT2D eigenvalue weighted by Crippen LogP contribution is -2.44. The maximum atomic E-state index is 12.7. The zero-order valence-electron chi connectivity index (χ0n) is 14.4. The molecule has 3 rings (SSSR count). The molecule has 0 radical (unpaired) electrons. The molecule has 2 saturated heterocycles. The third-order valence-electron chi connectivity index (χ3n) is 5.35. The van der Waals surface area contributed by atoms with Gasteiger partial charge in [0, 0.05) is 31.7 Å². The Kier molecular flexibility index (Phi) is 4.90. The van der Waals surface area contributed by atoms with E-state index in [4.69, 9.17) is 0 Å². The van der Waals surface area contributed by atoms with Gasteiger partial charge in [0.15, 0.2) is 0 Å². The van der Waals surface area contributed by atoms with Crippen LogP contribution in [0.3, 0.4) is 0 Å². The van der Waals surface area contributed by atoms with E-state index in [0.29, 0.717) is 26.1 Å². The van der Waals surface area contributed by atoms with Crippen LogP contribution in [0.4, 0.5) is 5.69 Å². The van der Waals surface area contributed by atoms with Crippen LogP contribution in [0.15, 0.2) is 24.3 Å². The van der Waals surface area contributed by atoms with Gasteiger partial charge in [0.1, 0.15) is 0 Å². The molecule has 1 aromatic rings. The van der Waals surface area contributed by atoms with Crippen LogP contribution < -0.4 is 4.90 Å². The monoisotopic (exact) mass is 330 g/mol. The van der Waals surface area contributed by atoms with Gasteiger partial charge in [-0.1, -0.05) is 17.7 Å². The zero-order chi connectivity index (χ0) is 17.3. The second-order valence-electron chi connectivity index (χ2n) is 7.14. The van der Waals surface area contributed by atoms with E-state index in [-0.39, 0.29) is 29.8 Å². The highest BCUT2D eigenvalue weighted by atomic mass is 16.3. The lowest BCUT2D eigenvalue weighted by atomic mass is 9.91. The summed E-state index contributed by atoms with van der Waals surface area (Å²) in [5.74, 6) is 0.142. The summed E-state index contributed by atoms with van der Waals surface area (Å²) >= 11 is 0. The lowest BCUT2D eigenvalue weighted by Gasteiger charge is -2.34. The number of aliphatic hydroxyl groups is 1. The van der Waals surface area contributed by atoms with E-state index in [1.54, 1.807) is 4.90 Å². The number of carbonyl (C=O) groups excluding carboxylic acids is 2. The van der Waals surface area contributed by atoms with Crippen molar-refractivity contribution in [1.29, 1.82) is 0 Å². The van der Waals surface area contributed by atoms with Crippen LogP contribution in [0, 0.1) is 18.8 Å². The number of likely N-dealkylation sites (tertiary alicyclic amines) is 1. The number of hydrogen-bond acceptors (Lipinski definition) is 3. The molecule has 1 N–H and O–H groups in total. The third kappa shape index (κ3) is 3.46. The van der Waals surface area contributed by atoms with E-state index in [1.807, 2.05) is 43.0 Å². The van der Waals surface area contributed by atoms with Gasteiger partial charge in [-0.25, -0.2) is 0 Å². The van der Waals surface area contributed by atoms with Gasteiger partial charge in [-0.05, 0) is 44.7 Å². The summed E-state index contributed by atoms with van der Waals surface area (Å²) in [7, 11) is 0. The average Bonchev–Trinajstić information content (AvgIpc) is 2.97. The molecule has 2 aliphatic rings. The van der Waals surface area contributed by atoms with Crippen LogP contribution in [0.1, 0.15) is 31.7 Å². The van der Waals surface area contributed by atoms with E-state index in [2.05, 4.69) is 0 Å². The van der Waals surface area contributed by atoms with Gasteiger partial charge in [0.05, 0.1) is 12.0 Å². The van der Waals surface area contributed by atoms with Crippen LogP contribution >= 0.6 is 0 Å². The molecule has 2 fully saturated rings. The van der Waals surface area contributed by atoms with Crippen molar-refractivity contribution in [3.05, 3.63) is 29.8 Å². The van der Waals surface area contributed by atoms with Crippen molar-refractivity contribution in [2.45, 2.75) is 39.2 Å². The van der Waals surface area contributed by atoms with Gasteiger partial charge in [0.25, 0.3) is 0 Å². The van der Waals surface area contributed by atoms with Crippen molar-refractivity contribution in [2.24, 2.45) is 11.8 Å². The third-order valence-corrected chi connectivity index (χ3v) is 5.35. The molecule has 2 heterocycles. The van der Waals surface area contributed by atoms with E-state index < -0.39 is 0 Å². The summed E-state index contributed by atoms with van der Waals surface area (Å²) in [6.07, 6.45) is 1.66. The zero-order valence-corrected chi connectivity index (χ0v) is 14.4. The molecular formula is C19H26N2O3. The number of aryl methyl sites for hydroxylation is 1. The van der Waals surface area contributed by atoms with Crippen LogP contribution in [-0.2, 0) is 9.59 Å².